The topological polar surface area (TPSA) is 72.7 Å². The molecule has 3 aromatic rings. The number of hydrogen-bond acceptors (Lipinski definition) is 7. The Bertz CT molecular complexity index is 1080. The molecule has 1 amide bonds. The molecule has 0 saturated carbocycles. The molecule has 1 saturated heterocycles. The Morgan fingerprint density at radius 1 is 1.35 bits per heavy atom. The van der Waals surface area contributed by atoms with Crippen molar-refractivity contribution in [1.82, 2.24) is 19.7 Å². The zero-order valence-electron chi connectivity index (χ0n) is 17.9. The lowest BCUT2D eigenvalue weighted by Crippen LogP contribution is -2.39. The Labute approximate surface area is 190 Å². The highest BCUT2D eigenvalue weighted by Crippen LogP contribution is 2.39. The van der Waals surface area contributed by atoms with Gasteiger partial charge < -0.3 is 9.47 Å². The molecule has 4 rings (SSSR count). The number of nitrogens with zero attached hydrogens (tertiary/aromatic N) is 5. The van der Waals surface area contributed by atoms with E-state index < -0.39 is 0 Å². The number of thiazole rings is 1. The molecule has 1 aliphatic rings. The van der Waals surface area contributed by atoms with Gasteiger partial charge in [0.25, 0.3) is 5.91 Å². The van der Waals surface area contributed by atoms with Crippen molar-refractivity contribution in [3.8, 4) is 5.75 Å². The molecular formula is C21H26ClN5O3S. The highest BCUT2D eigenvalue weighted by atomic mass is 35.5. The smallest absolute Gasteiger partial charge is 0.280 e. The van der Waals surface area contributed by atoms with Crippen molar-refractivity contribution < 1.29 is 14.3 Å². The number of methoxy groups -OCH3 is 1. The van der Waals surface area contributed by atoms with E-state index in [1.54, 1.807) is 28.8 Å². The third-order valence-electron chi connectivity index (χ3n) is 5.32. The van der Waals surface area contributed by atoms with Gasteiger partial charge in [0.2, 0.25) is 0 Å². The van der Waals surface area contributed by atoms with Gasteiger partial charge >= 0.3 is 0 Å². The van der Waals surface area contributed by atoms with Crippen LogP contribution in [0.25, 0.3) is 10.2 Å². The normalized spacial score (nSPS) is 14.8. The van der Waals surface area contributed by atoms with E-state index in [1.807, 2.05) is 20.2 Å². The van der Waals surface area contributed by atoms with Crippen LogP contribution < -0.4 is 9.64 Å². The highest BCUT2D eigenvalue weighted by molar-refractivity contribution is 7.23. The van der Waals surface area contributed by atoms with E-state index in [4.69, 9.17) is 26.1 Å². The van der Waals surface area contributed by atoms with Crippen molar-refractivity contribution in [1.29, 1.82) is 0 Å². The van der Waals surface area contributed by atoms with Crippen LogP contribution in [0, 0.1) is 6.92 Å². The largest absolute Gasteiger partial charge is 0.494 e. The number of hydrogen-bond donors (Lipinski definition) is 0. The minimum atomic E-state index is -0.158. The van der Waals surface area contributed by atoms with Crippen molar-refractivity contribution in [3.05, 3.63) is 34.6 Å². The molecule has 2 aromatic heterocycles. The SMILES string of the molecule is COc1ccc(Cl)c2sc(N(CCCN3CCOCC3)C(=O)c3nn(C)cc3C)nc12. The molecule has 1 fully saturated rings. The first-order valence-electron chi connectivity index (χ1n) is 10.2. The lowest BCUT2D eigenvalue weighted by molar-refractivity contribution is 0.0376. The molecular weight excluding hydrogens is 438 g/mol. The average molecular weight is 464 g/mol. The van der Waals surface area contributed by atoms with Gasteiger partial charge in [-0.05, 0) is 25.5 Å². The number of benzene rings is 1. The maximum Gasteiger partial charge on any atom is 0.280 e. The zero-order chi connectivity index (χ0) is 22.0. The Morgan fingerprint density at radius 3 is 2.81 bits per heavy atom. The molecule has 0 radical (unpaired) electrons. The molecule has 1 aromatic carbocycles. The van der Waals surface area contributed by atoms with Crippen LogP contribution in [-0.2, 0) is 11.8 Å². The number of carbonyl (C=O) groups excluding carboxylic acids is 1. The molecule has 1 aliphatic heterocycles. The molecule has 0 bridgehead atoms. The molecule has 166 valence electrons. The Kier molecular flexibility index (Phi) is 6.76. The fraction of sp³-hybridized carbons (Fsp3) is 0.476. The average Bonchev–Trinajstić information content (AvgIpc) is 3.35. The maximum absolute atomic E-state index is 13.5. The summed E-state index contributed by atoms with van der Waals surface area (Å²) in [6.07, 6.45) is 2.66. The van der Waals surface area contributed by atoms with Gasteiger partial charge in [-0.3, -0.25) is 19.3 Å². The summed E-state index contributed by atoms with van der Waals surface area (Å²) in [5.41, 5.74) is 1.94. The van der Waals surface area contributed by atoms with Gasteiger partial charge in [0.05, 0.1) is 30.0 Å². The number of halogens is 1. The van der Waals surface area contributed by atoms with Crippen LogP contribution in [0.1, 0.15) is 22.5 Å². The van der Waals surface area contributed by atoms with Gasteiger partial charge in [0, 0.05) is 45.0 Å². The van der Waals surface area contributed by atoms with E-state index in [0.717, 1.165) is 49.5 Å². The second-order valence-corrected chi connectivity index (χ2v) is 8.91. The standard InChI is InChI=1S/C21H26ClN5O3S/c1-14-13-25(2)24-17(14)20(28)27(8-4-7-26-9-11-30-12-10-26)21-23-18-16(29-3)6-5-15(22)19(18)31-21/h5-6,13H,4,7-12H2,1-3H3. The van der Waals surface area contributed by atoms with Crippen LogP contribution in [0.3, 0.4) is 0 Å². The Hall–Kier alpha value is -2.20. The maximum atomic E-state index is 13.5. The van der Waals surface area contributed by atoms with Crippen LogP contribution in [0.4, 0.5) is 5.13 Å². The van der Waals surface area contributed by atoms with Crippen molar-refractivity contribution in [2.45, 2.75) is 13.3 Å². The highest BCUT2D eigenvalue weighted by Gasteiger charge is 2.26. The predicted molar refractivity (Wildman–Crippen MR) is 123 cm³/mol. The first kappa shape index (κ1) is 22.0. The molecule has 10 heteroatoms. The number of amides is 1. The summed E-state index contributed by atoms with van der Waals surface area (Å²) >= 11 is 7.81. The van der Waals surface area contributed by atoms with Crippen LogP contribution in [-0.4, -0.2) is 72.1 Å². The van der Waals surface area contributed by atoms with E-state index in [2.05, 4.69) is 10.00 Å². The van der Waals surface area contributed by atoms with Gasteiger partial charge in [0.1, 0.15) is 11.3 Å². The molecule has 0 aliphatic carbocycles. The van der Waals surface area contributed by atoms with Crippen molar-refractivity contribution in [2.24, 2.45) is 7.05 Å². The Morgan fingerprint density at radius 2 is 2.13 bits per heavy atom. The van der Waals surface area contributed by atoms with Gasteiger partial charge in [-0.1, -0.05) is 22.9 Å². The summed E-state index contributed by atoms with van der Waals surface area (Å²) in [5.74, 6) is 0.478. The zero-order valence-corrected chi connectivity index (χ0v) is 19.5. The fourth-order valence-electron chi connectivity index (χ4n) is 3.73. The van der Waals surface area contributed by atoms with E-state index in [0.29, 0.717) is 33.7 Å². The number of aryl methyl sites for hydroxylation is 2. The van der Waals surface area contributed by atoms with Crippen molar-refractivity contribution in [2.75, 3.05) is 51.4 Å². The summed E-state index contributed by atoms with van der Waals surface area (Å²) in [7, 11) is 3.42. The molecule has 3 heterocycles. The van der Waals surface area contributed by atoms with Gasteiger partial charge in [-0.2, -0.15) is 5.10 Å². The second kappa shape index (κ2) is 9.52. The molecule has 8 nitrogen and oxygen atoms in total. The summed E-state index contributed by atoms with van der Waals surface area (Å²) in [4.78, 5) is 22.3. The molecule has 0 unspecified atom stereocenters. The summed E-state index contributed by atoms with van der Waals surface area (Å²) in [5, 5.41) is 5.57. The first-order chi connectivity index (χ1) is 15.0. The van der Waals surface area contributed by atoms with Gasteiger partial charge in [0.15, 0.2) is 10.8 Å². The van der Waals surface area contributed by atoms with Crippen LogP contribution in [0.2, 0.25) is 5.02 Å². The number of morpholine rings is 1. The quantitative estimate of drug-likeness (QED) is 0.535. The lowest BCUT2D eigenvalue weighted by atomic mass is 10.2. The van der Waals surface area contributed by atoms with E-state index >= 15 is 0 Å². The number of anilines is 1. The number of aromatic nitrogens is 3. The van der Waals surface area contributed by atoms with Gasteiger partial charge in [-0.25, -0.2) is 4.98 Å². The number of fused-ring (bicyclic) bond motifs is 1. The van der Waals surface area contributed by atoms with Crippen LogP contribution in [0.15, 0.2) is 18.3 Å². The summed E-state index contributed by atoms with van der Waals surface area (Å²) in [6, 6.07) is 3.58. The fourth-order valence-corrected chi connectivity index (χ4v) is 5.01. The van der Waals surface area contributed by atoms with Crippen molar-refractivity contribution in [3.63, 3.8) is 0 Å². The third-order valence-corrected chi connectivity index (χ3v) is 6.86. The minimum absolute atomic E-state index is 0.158. The predicted octanol–water partition coefficient (Wildman–Crippen LogP) is 3.37. The molecule has 31 heavy (non-hydrogen) atoms. The van der Waals surface area contributed by atoms with Crippen molar-refractivity contribution >= 4 is 44.2 Å². The number of carbonyl (C=O) groups is 1. The number of ether oxygens (including phenoxy) is 2. The van der Waals surface area contributed by atoms with Gasteiger partial charge in [-0.15, -0.1) is 0 Å². The first-order valence-corrected chi connectivity index (χ1v) is 11.4. The second-order valence-electron chi connectivity index (χ2n) is 7.52. The van der Waals surface area contributed by atoms with Crippen LogP contribution in [0.5, 0.6) is 5.75 Å². The lowest BCUT2D eigenvalue weighted by Gasteiger charge is -2.27. The molecule has 0 atom stereocenters. The summed E-state index contributed by atoms with van der Waals surface area (Å²) < 4.78 is 13.3. The monoisotopic (exact) mass is 463 g/mol. The third kappa shape index (κ3) is 4.69. The Balaban J connectivity index is 1.64. The molecule has 0 spiro atoms. The summed E-state index contributed by atoms with van der Waals surface area (Å²) in [6.45, 7) is 6.67. The van der Waals surface area contributed by atoms with E-state index in [1.165, 1.54) is 11.3 Å². The van der Waals surface area contributed by atoms with Crippen LogP contribution >= 0.6 is 22.9 Å². The van der Waals surface area contributed by atoms with E-state index in [-0.39, 0.29) is 5.91 Å². The number of rotatable bonds is 7. The molecule has 0 N–H and O–H groups in total. The minimum Gasteiger partial charge on any atom is -0.494 e. The van der Waals surface area contributed by atoms with E-state index in [9.17, 15) is 4.79 Å².